The molecular weight excluding hydrogens is 286 g/mol. The fourth-order valence-corrected chi connectivity index (χ4v) is 1.54. The second kappa shape index (κ2) is 5.16. The number of halogens is 1. The van der Waals surface area contributed by atoms with E-state index in [0.717, 1.165) is 5.70 Å². The van der Waals surface area contributed by atoms with Gasteiger partial charge in [-0.05, 0) is 43.6 Å². The summed E-state index contributed by atoms with van der Waals surface area (Å²) in [6.45, 7) is 8.76. The summed E-state index contributed by atoms with van der Waals surface area (Å²) in [5.74, 6) is 0. The fourth-order valence-electron chi connectivity index (χ4n) is 1.42. The Hall–Kier alpha value is -0.910. The molecule has 5 nitrogen and oxygen atoms in total. The molecule has 0 aromatic heterocycles. The van der Waals surface area contributed by atoms with Crippen LogP contribution in [0, 0.1) is 0 Å². The van der Waals surface area contributed by atoms with Crippen molar-refractivity contribution in [3.63, 3.8) is 0 Å². The summed E-state index contributed by atoms with van der Waals surface area (Å²) < 4.78 is 5.85. The van der Waals surface area contributed by atoms with E-state index in [1.165, 1.54) is 0 Å². The Morgan fingerprint density at radius 2 is 2.00 bits per heavy atom. The number of ether oxygens (including phenoxy) is 1. The molecule has 0 saturated carbocycles. The molecule has 0 aliphatic carbocycles. The van der Waals surface area contributed by atoms with Gasteiger partial charge >= 0.3 is 6.09 Å². The summed E-state index contributed by atoms with van der Waals surface area (Å²) in [6, 6.07) is 0.249. The third kappa shape index (κ3) is 4.46. The smallest absolute Gasteiger partial charge is 0.410 e. The van der Waals surface area contributed by atoms with Gasteiger partial charge in [0.25, 0.3) is 0 Å². The topological polar surface area (TPSA) is 67.6 Å². The van der Waals surface area contributed by atoms with Gasteiger partial charge in [-0.15, -0.1) is 0 Å². The van der Waals surface area contributed by atoms with Gasteiger partial charge in [-0.3, -0.25) is 0 Å². The maximum atomic E-state index is 11.6. The third-order valence-electron chi connectivity index (χ3n) is 2.31. The number of hydrogen-bond acceptors (Lipinski definition) is 4. The Labute approximate surface area is 110 Å². The van der Waals surface area contributed by atoms with Gasteiger partial charge in [0.2, 0.25) is 0 Å². The summed E-state index contributed by atoms with van der Waals surface area (Å²) in [7, 11) is 0. The van der Waals surface area contributed by atoms with Crippen molar-refractivity contribution in [2.75, 3.05) is 13.1 Å². The Morgan fingerprint density at radius 1 is 1.47 bits per heavy atom. The van der Waals surface area contributed by atoms with Crippen LogP contribution in [0.5, 0.6) is 0 Å². The number of nitrogens with one attached hydrogen (secondary N) is 1. The van der Waals surface area contributed by atoms with Crippen LogP contribution in [0.2, 0.25) is 0 Å². The minimum Gasteiger partial charge on any atom is -0.444 e. The molecule has 0 aromatic carbocycles. The van der Waals surface area contributed by atoms with E-state index in [9.17, 15) is 4.79 Å². The van der Waals surface area contributed by atoms with Gasteiger partial charge in [-0.25, -0.2) is 4.79 Å². The molecule has 0 spiro atoms. The first-order chi connectivity index (χ1) is 7.69. The number of carbonyl (C=O) groups excluding carboxylic acids is 1. The number of hydrogen-bond donors (Lipinski definition) is 2. The van der Waals surface area contributed by atoms with E-state index >= 15 is 0 Å². The number of nitrogens with two attached hydrogens (primary N) is 1. The third-order valence-corrected chi connectivity index (χ3v) is 2.91. The molecule has 1 heterocycles. The quantitative estimate of drug-likeness (QED) is 0.763. The lowest BCUT2D eigenvalue weighted by Crippen LogP contribution is -2.60. The molecule has 17 heavy (non-hydrogen) atoms. The van der Waals surface area contributed by atoms with E-state index in [-0.39, 0.29) is 12.1 Å². The van der Waals surface area contributed by atoms with E-state index in [1.807, 2.05) is 27.7 Å². The highest BCUT2D eigenvalue weighted by atomic mass is 79.9. The van der Waals surface area contributed by atoms with Gasteiger partial charge in [0.15, 0.2) is 0 Å². The summed E-state index contributed by atoms with van der Waals surface area (Å²) in [6.07, 6.45) is -0.260. The van der Waals surface area contributed by atoms with Crippen molar-refractivity contribution < 1.29 is 9.53 Å². The molecule has 1 amide bonds. The zero-order chi connectivity index (χ0) is 13.2. The lowest BCUT2D eigenvalue weighted by Gasteiger charge is -2.40. The predicted molar refractivity (Wildman–Crippen MR) is 70.5 cm³/mol. The molecule has 1 aliphatic rings. The van der Waals surface area contributed by atoms with Gasteiger partial charge in [0, 0.05) is 18.8 Å². The molecule has 1 saturated heterocycles. The molecule has 0 unspecified atom stereocenters. The van der Waals surface area contributed by atoms with Gasteiger partial charge in [0.05, 0.1) is 10.6 Å². The standard InChI is InChI=1S/C11H20BrN3O2/c1-7(9(12)13)14-8-5-15(6-8)10(16)17-11(2,3)4/h8,14H,5-6,13H2,1-4H3/b9-7-. The van der Waals surface area contributed by atoms with Crippen LogP contribution < -0.4 is 11.1 Å². The average molecular weight is 306 g/mol. The van der Waals surface area contributed by atoms with Crippen LogP contribution in [-0.4, -0.2) is 35.7 Å². The van der Waals surface area contributed by atoms with Crippen molar-refractivity contribution in [1.29, 1.82) is 0 Å². The number of likely N-dealkylation sites (tertiary alicyclic amines) is 1. The second-order valence-corrected chi connectivity index (χ2v) is 6.05. The van der Waals surface area contributed by atoms with Crippen molar-refractivity contribution in [3.8, 4) is 0 Å². The number of allylic oxidation sites excluding steroid dienone is 1. The molecule has 0 radical (unpaired) electrons. The van der Waals surface area contributed by atoms with E-state index in [4.69, 9.17) is 10.5 Å². The van der Waals surface area contributed by atoms with E-state index < -0.39 is 5.60 Å². The molecule has 0 atom stereocenters. The van der Waals surface area contributed by atoms with Gasteiger partial charge in [-0.2, -0.15) is 0 Å². The summed E-state index contributed by atoms with van der Waals surface area (Å²) in [4.78, 5) is 13.3. The highest BCUT2D eigenvalue weighted by Crippen LogP contribution is 2.16. The molecular formula is C11H20BrN3O2. The second-order valence-electron chi connectivity index (χ2n) is 5.20. The predicted octanol–water partition coefficient (Wildman–Crippen LogP) is 1.74. The maximum absolute atomic E-state index is 11.6. The Kier molecular flexibility index (Phi) is 4.30. The normalized spacial score (nSPS) is 18.3. The molecule has 0 bridgehead atoms. The number of rotatable bonds is 2. The van der Waals surface area contributed by atoms with Crippen LogP contribution in [0.3, 0.4) is 0 Å². The van der Waals surface area contributed by atoms with Crippen LogP contribution in [0.15, 0.2) is 10.3 Å². The molecule has 6 heteroatoms. The van der Waals surface area contributed by atoms with Gasteiger partial charge in [-0.1, -0.05) is 0 Å². The van der Waals surface area contributed by atoms with Crippen molar-refractivity contribution in [2.24, 2.45) is 5.73 Å². The summed E-state index contributed by atoms with van der Waals surface area (Å²) >= 11 is 3.20. The number of amides is 1. The lowest BCUT2D eigenvalue weighted by molar-refractivity contribution is 0.00626. The molecule has 1 fully saturated rings. The van der Waals surface area contributed by atoms with Crippen molar-refractivity contribution >= 4 is 22.0 Å². The largest absolute Gasteiger partial charge is 0.444 e. The minimum absolute atomic E-state index is 0.249. The van der Waals surface area contributed by atoms with Gasteiger partial charge < -0.3 is 20.7 Å². The number of carbonyl (C=O) groups is 1. The number of nitrogens with zero attached hydrogens (tertiary/aromatic N) is 1. The zero-order valence-corrected chi connectivity index (χ0v) is 12.3. The summed E-state index contributed by atoms with van der Waals surface area (Å²) in [5.41, 5.74) is 6.02. The van der Waals surface area contributed by atoms with E-state index in [1.54, 1.807) is 4.90 Å². The monoisotopic (exact) mass is 305 g/mol. The van der Waals surface area contributed by atoms with E-state index in [0.29, 0.717) is 17.7 Å². The highest BCUT2D eigenvalue weighted by Gasteiger charge is 2.33. The molecule has 1 rings (SSSR count). The first-order valence-electron chi connectivity index (χ1n) is 5.55. The Bertz CT molecular complexity index is 326. The first-order valence-corrected chi connectivity index (χ1v) is 6.34. The lowest BCUT2D eigenvalue weighted by atomic mass is 10.1. The van der Waals surface area contributed by atoms with E-state index in [2.05, 4.69) is 21.2 Å². The van der Waals surface area contributed by atoms with Crippen molar-refractivity contribution in [1.82, 2.24) is 10.2 Å². The molecule has 1 aliphatic heterocycles. The zero-order valence-electron chi connectivity index (χ0n) is 10.7. The van der Waals surface area contributed by atoms with Crippen LogP contribution in [0.1, 0.15) is 27.7 Å². The SMILES string of the molecule is C/C(NC1CN(C(=O)OC(C)(C)C)C1)=C(/N)Br. The van der Waals surface area contributed by atoms with Crippen LogP contribution in [-0.2, 0) is 4.74 Å². The fraction of sp³-hybridized carbons (Fsp3) is 0.727. The van der Waals surface area contributed by atoms with Gasteiger partial charge in [0.1, 0.15) is 5.60 Å². The van der Waals surface area contributed by atoms with Crippen molar-refractivity contribution in [2.45, 2.75) is 39.3 Å². The summed E-state index contributed by atoms with van der Waals surface area (Å²) in [5, 5.41) is 3.22. The molecule has 98 valence electrons. The molecule has 3 N–H and O–H groups in total. The Balaban J connectivity index is 2.33. The highest BCUT2D eigenvalue weighted by molar-refractivity contribution is 9.11. The van der Waals surface area contributed by atoms with Crippen molar-refractivity contribution in [3.05, 3.63) is 10.3 Å². The Morgan fingerprint density at radius 3 is 2.41 bits per heavy atom. The van der Waals surface area contributed by atoms with Crippen LogP contribution in [0.25, 0.3) is 0 Å². The van der Waals surface area contributed by atoms with Crippen LogP contribution in [0.4, 0.5) is 4.79 Å². The maximum Gasteiger partial charge on any atom is 0.410 e. The average Bonchev–Trinajstić information content (AvgIpc) is 2.06. The van der Waals surface area contributed by atoms with Crippen LogP contribution >= 0.6 is 15.9 Å². The first kappa shape index (κ1) is 14.2. The minimum atomic E-state index is -0.439. The molecule has 0 aromatic rings.